The molecule has 4 rings (SSSR count). The molecule has 2 aromatic heterocycles. The van der Waals surface area contributed by atoms with Crippen LogP contribution in [0.1, 0.15) is 28.0 Å². The quantitative estimate of drug-likeness (QED) is 0.369. The van der Waals surface area contributed by atoms with Crippen molar-refractivity contribution in [3.05, 3.63) is 70.6 Å². The highest BCUT2D eigenvalue weighted by Crippen LogP contribution is 2.33. The molecule has 0 spiro atoms. The van der Waals surface area contributed by atoms with Crippen molar-refractivity contribution in [1.82, 2.24) is 21.0 Å². The zero-order chi connectivity index (χ0) is 24.9. The molecule has 2 heterocycles. The molecular formula is C25H23ClN4O5. The number of halogens is 1. The Morgan fingerprint density at radius 2 is 1.80 bits per heavy atom. The van der Waals surface area contributed by atoms with E-state index in [2.05, 4.69) is 16.0 Å². The average molecular weight is 495 g/mol. The molecule has 0 fully saturated rings. The molecule has 2 N–H and O–H groups in total. The van der Waals surface area contributed by atoms with E-state index in [9.17, 15) is 9.59 Å². The molecule has 10 heteroatoms. The van der Waals surface area contributed by atoms with Crippen LogP contribution in [0.2, 0.25) is 5.22 Å². The van der Waals surface area contributed by atoms with E-state index in [4.69, 9.17) is 30.6 Å². The van der Waals surface area contributed by atoms with Crippen LogP contribution in [0.25, 0.3) is 22.2 Å². The molecule has 0 saturated carbocycles. The predicted molar refractivity (Wildman–Crippen MR) is 130 cm³/mol. The molecule has 0 radical (unpaired) electrons. The standard InChI is InChI=1S/C25H23ClN4O5/c1-14-16(24(26)35-30-14)9-11-23(31)28-29-25(32)18-13-20(27-19-7-5-4-6-17(18)19)15-8-10-21(33-2)22(12-15)34-3/h4-8,10,12-13H,9,11H2,1-3H3,(H,28,31)(H,29,32). The Morgan fingerprint density at radius 3 is 2.51 bits per heavy atom. The number of hydrogen-bond acceptors (Lipinski definition) is 7. The number of hydrogen-bond donors (Lipinski definition) is 2. The number of benzene rings is 2. The minimum absolute atomic E-state index is 0.0933. The first-order valence-corrected chi connectivity index (χ1v) is 11.1. The summed E-state index contributed by atoms with van der Waals surface area (Å²) in [7, 11) is 3.11. The molecule has 2 aromatic carbocycles. The Bertz CT molecular complexity index is 1380. The fourth-order valence-electron chi connectivity index (χ4n) is 3.64. The number of amides is 2. The van der Waals surface area contributed by atoms with Crippen LogP contribution in [0.5, 0.6) is 11.5 Å². The van der Waals surface area contributed by atoms with Gasteiger partial charge in [-0.25, -0.2) is 4.98 Å². The van der Waals surface area contributed by atoms with Gasteiger partial charge in [0.25, 0.3) is 5.91 Å². The number of aromatic nitrogens is 2. The monoisotopic (exact) mass is 494 g/mol. The molecule has 0 saturated heterocycles. The number of ether oxygens (including phenoxy) is 2. The summed E-state index contributed by atoms with van der Waals surface area (Å²) in [4.78, 5) is 30.1. The Hall–Kier alpha value is -4.11. The largest absolute Gasteiger partial charge is 0.493 e. The first kappa shape index (κ1) is 24.0. The molecule has 0 aliphatic heterocycles. The number of pyridine rings is 1. The maximum absolute atomic E-state index is 13.1. The van der Waals surface area contributed by atoms with Crippen LogP contribution >= 0.6 is 11.6 Å². The third-order valence-electron chi connectivity index (χ3n) is 5.49. The van der Waals surface area contributed by atoms with Gasteiger partial charge in [-0.15, -0.1) is 0 Å². The second-order valence-electron chi connectivity index (χ2n) is 7.66. The number of carbonyl (C=O) groups is 2. The molecule has 180 valence electrons. The first-order valence-electron chi connectivity index (χ1n) is 10.7. The van der Waals surface area contributed by atoms with Gasteiger partial charge in [0.15, 0.2) is 11.5 Å². The second kappa shape index (κ2) is 10.4. The highest BCUT2D eigenvalue weighted by molar-refractivity contribution is 6.29. The number of fused-ring (bicyclic) bond motifs is 1. The van der Waals surface area contributed by atoms with Gasteiger partial charge in [-0.1, -0.05) is 23.4 Å². The van der Waals surface area contributed by atoms with Crippen molar-refractivity contribution in [2.24, 2.45) is 0 Å². The lowest BCUT2D eigenvalue weighted by Crippen LogP contribution is -2.41. The number of hydrazine groups is 1. The van der Waals surface area contributed by atoms with E-state index in [1.165, 1.54) is 0 Å². The van der Waals surface area contributed by atoms with Gasteiger partial charge in [0.1, 0.15) is 0 Å². The number of carbonyl (C=O) groups excluding carboxylic acids is 2. The van der Waals surface area contributed by atoms with Gasteiger partial charge in [-0.05, 0) is 55.3 Å². The van der Waals surface area contributed by atoms with E-state index in [0.717, 1.165) is 5.56 Å². The molecule has 0 atom stereocenters. The molecule has 4 aromatic rings. The van der Waals surface area contributed by atoms with E-state index < -0.39 is 5.91 Å². The molecular weight excluding hydrogens is 472 g/mol. The van der Waals surface area contributed by atoms with E-state index in [-0.39, 0.29) is 17.5 Å². The first-order chi connectivity index (χ1) is 16.9. The maximum Gasteiger partial charge on any atom is 0.270 e. The van der Waals surface area contributed by atoms with E-state index in [1.54, 1.807) is 45.4 Å². The number of nitrogens with zero attached hydrogens (tertiary/aromatic N) is 2. The van der Waals surface area contributed by atoms with Gasteiger partial charge in [-0.3, -0.25) is 20.4 Å². The van der Waals surface area contributed by atoms with Crippen molar-refractivity contribution in [1.29, 1.82) is 0 Å². The van der Waals surface area contributed by atoms with Crippen LogP contribution in [0.15, 0.2) is 53.1 Å². The average Bonchev–Trinajstić information content (AvgIpc) is 3.21. The minimum atomic E-state index is -0.474. The van der Waals surface area contributed by atoms with Gasteiger partial charge in [0.2, 0.25) is 11.1 Å². The lowest BCUT2D eigenvalue weighted by Gasteiger charge is -2.13. The van der Waals surface area contributed by atoms with Gasteiger partial charge in [0, 0.05) is 22.9 Å². The Balaban J connectivity index is 1.55. The second-order valence-corrected chi connectivity index (χ2v) is 8.01. The molecule has 2 amide bonds. The zero-order valence-electron chi connectivity index (χ0n) is 19.3. The summed E-state index contributed by atoms with van der Waals surface area (Å²) in [5.41, 5.74) is 8.52. The molecule has 0 aliphatic rings. The van der Waals surface area contributed by atoms with Crippen molar-refractivity contribution in [3.8, 4) is 22.8 Å². The number of rotatable bonds is 7. The van der Waals surface area contributed by atoms with Crippen LogP contribution in [0.3, 0.4) is 0 Å². The summed E-state index contributed by atoms with van der Waals surface area (Å²) in [6.45, 7) is 1.74. The molecule has 0 aliphatic carbocycles. The van der Waals surface area contributed by atoms with E-state index >= 15 is 0 Å². The fourth-order valence-corrected chi connectivity index (χ4v) is 3.91. The molecule has 0 unspecified atom stereocenters. The summed E-state index contributed by atoms with van der Waals surface area (Å²) >= 11 is 5.94. The minimum Gasteiger partial charge on any atom is -0.493 e. The normalized spacial score (nSPS) is 10.7. The van der Waals surface area contributed by atoms with Crippen LogP contribution in [-0.2, 0) is 11.2 Å². The SMILES string of the molecule is COc1ccc(-c2cc(C(=O)NNC(=O)CCc3c(C)noc3Cl)c3ccccc3n2)cc1OC. The highest BCUT2D eigenvalue weighted by atomic mass is 35.5. The Labute approximate surface area is 206 Å². The van der Waals surface area contributed by atoms with Crippen LogP contribution < -0.4 is 20.3 Å². The summed E-state index contributed by atoms with van der Waals surface area (Å²) in [5.74, 6) is 0.271. The van der Waals surface area contributed by atoms with E-state index in [0.29, 0.717) is 51.3 Å². The van der Waals surface area contributed by atoms with Crippen molar-refractivity contribution in [3.63, 3.8) is 0 Å². The molecule has 0 bridgehead atoms. The lowest BCUT2D eigenvalue weighted by atomic mass is 10.0. The summed E-state index contributed by atoms with van der Waals surface area (Å²) < 4.78 is 15.6. The van der Waals surface area contributed by atoms with Gasteiger partial charge in [0.05, 0.1) is 36.7 Å². The number of para-hydroxylation sites is 1. The van der Waals surface area contributed by atoms with Crippen molar-refractivity contribution >= 4 is 34.3 Å². The Kier molecular flexibility index (Phi) is 7.17. The van der Waals surface area contributed by atoms with Crippen LogP contribution in [0.4, 0.5) is 0 Å². The summed E-state index contributed by atoms with van der Waals surface area (Å²) in [6.07, 6.45) is 0.424. The number of methoxy groups -OCH3 is 2. The van der Waals surface area contributed by atoms with E-state index in [1.807, 2.05) is 24.3 Å². The number of aryl methyl sites for hydroxylation is 1. The smallest absolute Gasteiger partial charge is 0.270 e. The zero-order valence-corrected chi connectivity index (χ0v) is 20.1. The van der Waals surface area contributed by atoms with Gasteiger partial charge >= 0.3 is 0 Å². The van der Waals surface area contributed by atoms with Gasteiger partial charge in [-0.2, -0.15) is 0 Å². The number of nitrogens with one attached hydrogen (secondary N) is 2. The molecule has 9 nitrogen and oxygen atoms in total. The topological polar surface area (TPSA) is 116 Å². The lowest BCUT2D eigenvalue weighted by molar-refractivity contribution is -0.121. The van der Waals surface area contributed by atoms with Crippen molar-refractivity contribution in [2.45, 2.75) is 19.8 Å². The summed E-state index contributed by atoms with van der Waals surface area (Å²) in [5, 5.41) is 4.57. The van der Waals surface area contributed by atoms with Crippen LogP contribution in [0, 0.1) is 6.92 Å². The van der Waals surface area contributed by atoms with Gasteiger partial charge < -0.3 is 14.0 Å². The fraction of sp³-hybridized carbons (Fsp3) is 0.200. The predicted octanol–water partition coefficient (Wildman–Crippen LogP) is 4.26. The Morgan fingerprint density at radius 1 is 1.03 bits per heavy atom. The highest BCUT2D eigenvalue weighted by Gasteiger charge is 2.17. The van der Waals surface area contributed by atoms with Crippen molar-refractivity contribution < 1.29 is 23.6 Å². The maximum atomic E-state index is 13.1. The summed E-state index contributed by atoms with van der Waals surface area (Å²) in [6, 6.07) is 14.3. The third kappa shape index (κ3) is 5.20. The van der Waals surface area contributed by atoms with Crippen LogP contribution in [-0.4, -0.2) is 36.2 Å². The molecule has 35 heavy (non-hydrogen) atoms. The van der Waals surface area contributed by atoms with Crippen molar-refractivity contribution in [2.75, 3.05) is 14.2 Å². The third-order valence-corrected chi connectivity index (χ3v) is 5.79.